The summed E-state index contributed by atoms with van der Waals surface area (Å²) < 4.78 is 7.16. The van der Waals surface area contributed by atoms with E-state index in [1.807, 2.05) is 53.1 Å². The molecule has 0 spiro atoms. The Morgan fingerprint density at radius 2 is 2.03 bits per heavy atom. The maximum atomic E-state index is 12.4. The predicted molar refractivity (Wildman–Crippen MR) is 117 cm³/mol. The molecular weight excluding hydrogens is 384 g/mol. The third-order valence-electron chi connectivity index (χ3n) is 4.33. The van der Waals surface area contributed by atoms with Crippen molar-refractivity contribution in [3.8, 4) is 17.1 Å². The second kappa shape index (κ2) is 9.93. The van der Waals surface area contributed by atoms with Gasteiger partial charge in [0.15, 0.2) is 11.0 Å². The van der Waals surface area contributed by atoms with Gasteiger partial charge in [-0.15, -0.1) is 16.8 Å². The summed E-state index contributed by atoms with van der Waals surface area (Å²) in [4.78, 5) is 12.4. The minimum atomic E-state index is -0.0811. The largest absolute Gasteiger partial charge is 0.497 e. The Bertz CT molecular complexity index is 983. The Morgan fingerprint density at radius 1 is 1.24 bits per heavy atom. The van der Waals surface area contributed by atoms with E-state index < -0.39 is 0 Å². The average molecular weight is 409 g/mol. The molecule has 2 aromatic carbocycles. The molecule has 29 heavy (non-hydrogen) atoms. The SMILES string of the molecule is C=CCn1c(SCC(=O)Nc2cccc(CC)c2)nnc1-c1ccc(OC)cc1. The van der Waals surface area contributed by atoms with E-state index in [4.69, 9.17) is 4.74 Å². The van der Waals surface area contributed by atoms with Gasteiger partial charge in [-0.2, -0.15) is 0 Å². The number of aryl methyl sites for hydroxylation is 1. The summed E-state index contributed by atoms with van der Waals surface area (Å²) in [5, 5.41) is 12.2. The first kappa shape index (κ1) is 20.7. The van der Waals surface area contributed by atoms with Gasteiger partial charge in [0.05, 0.1) is 12.9 Å². The Balaban J connectivity index is 1.70. The highest BCUT2D eigenvalue weighted by molar-refractivity contribution is 7.99. The number of thioether (sulfide) groups is 1. The second-order valence-electron chi connectivity index (χ2n) is 6.32. The Kier molecular flexibility index (Phi) is 7.08. The minimum absolute atomic E-state index is 0.0811. The topological polar surface area (TPSA) is 69.0 Å². The molecule has 0 aliphatic heterocycles. The molecule has 150 valence electrons. The van der Waals surface area contributed by atoms with E-state index in [1.54, 1.807) is 13.2 Å². The molecule has 0 radical (unpaired) electrons. The number of nitrogens with one attached hydrogen (secondary N) is 1. The van der Waals surface area contributed by atoms with E-state index in [9.17, 15) is 4.79 Å². The molecule has 3 aromatic rings. The number of amides is 1. The first-order valence-corrected chi connectivity index (χ1v) is 10.3. The summed E-state index contributed by atoms with van der Waals surface area (Å²) in [6.07, 6.45) is 2.72. The number of methoxy groups -OCH3 is 1. The van der Waals surface area contributed by atoms with E-state index >= 15 is 0 Å². The number of benzene rings is 2. The Hall–Kier alpha value is -3.06. The van der Waals surface area contributed by atoms with Crippen LogP contribution in [0.2, 0.25) is 0 Å². The zero-order chi connectivity index (χ0) is 20.6. The van der Waals surface area contributed by atoms with Crippen LogP contribution in [0.1, 0.15) is 12.5 Å². The summed E-state index contributed by atoms with van der Waals surface area (Å²) in [6.45, 7) is 6.46. The Morgan fingerprint density at radius 3 is 2.72 bits per heavy atom. The predicted octanol–water partition coefficient (Wildman–Crippen LogP) is 4.43. The van der Waals surface area contributed by atoms with Crippen LogP contribution in [0.3, 0.4) is 0 Å². The fourth-order valence-electron chi connectivity index (χ4n) is 2.84. The van der Waals surface area contributed by atoms with Crippen molar-refractivity contribution in [3.63, 3.8) is 0 Å². The van der Waals surface area contributed by atoms with Crippen molar-refractivity contribution in [2.24, 2.45) is 0 Å². The lowest BCUT2D eigenvalue weighted by molar-refractivity contribution is -0.113. The highest BCUT2D eigenvalue weighted by Crippen LogP contribution is 2.26. The van der Waals surface area contributed by atoms with Crippen LogP contribution in [0.5, 0.6) is 5.75 Å². The number of carbonyl (C=O) groups excluding carboxylic acids is 1. The van der Waals surface area contributed by atoms with Crippen LogP contribution in [-0.2, 0) is 17.8 Å². The number of ether oxygens (including phenoxy) is 1. The van der Waals surface area contributed by atoms with Crippen molar-refractivity contribution < 1.29 is 9.53 Å². The molecule has 0 unspecified atom stereocenters. The molecule has 0 aliphatic carbocycles. The molecule has 0 fully saturated rings. The summed E-state index contributed by atoms with van der Waals surface area (Å²) in [5.41, 5.74) is 2.92. The molecule has 7 heteroatoms. The first-order chi connectivity index (χ1) is 14.1. The lowest BCUT2D eigenvalue weighted by Crippen LogP contribution is -2.14. The van der Waals surface area contributed by atoms with E-state index in [0.29, 0.717) is 11.7 Å². The summed E-state index contributed by atoms with van der Waals surface area (Å²) in [7, 11) is 1.63. The molecule has 0 atom stereocenters. The smallest absolute Gasteiger partial charge is 0.234 e. The fourth-order valence-corrected chi connectivity index (χ4v) is 3.59. The van der Waals surface area contributed by atoms with Crippen LogP contribution in [0, 0.1) is 0 Å². The number of rotatable bonds is 9. The van der Waals surface area contributed by atoms with Crippen molar-refractivity contribution in [1.29, 1.82) is 0 Å². The molecule has 1 aromatic heterocycles. The molecule has 0 aliphatic rings. The third kappa shape index (κ3) is 5.26. The summed E-state index contributed by atoms with van der Waals surface area (Å²) >= 11 is 1.35. The monoisotopic (exact) mass is 408 g/mol. The highest BCUT2D eigenvalue weighted by Gasteiger charge is 2.15. The molecule has 0 saturated heterocycles. The van der Waals surface area contributed by atoms with Gasteiger partial charge in [0, 0.05) is 17.8 Å². The van der Waals surface area contributed by atoms with Crippen LogP contribution in [0.15, 0.2) is 66.3 Å². The minimum Gasteiger partial charge on any atom is -0.497 e. The van der Waals surface area contributed by atoms with Crippen molar-refractivity contribution in [1.82, 2.24) is 14.8 Å². The van der Waals surface area contributed by atoms with Gasteiger partial charge in [0.1, 0.15) is 5.75 Å². The van der Waals surface area contributed by atoms with Gasteiger partial charge >= 0.3 is 0 Å². The summed E-state index contributed by atoms with van der Waals surface area (Å²) in [6, 6.07) is 15.5. The number of anilines is 1. The molecule has 0 bridgehead atoms. The van der Waals surface area contributed by atoms with E-state index in [-0.39, 0.29) is 11.7 Å². The van der Waals surface area contributed by atoms with Crippen molar-refractivity contribution in [3.05, 3.63) is 66.7 Å². The van der Waals surface area contributed by atoms with Crippen LogP contribution in [0.25, 0.3) is 11.4 Å². The maximum absolute atomic E-state index is 12.4. The van der Waals surface area contributed by atoms with Crippen LogP contribution >= 0.6 is 11.8 Å². The first-order valence-electron chi connectivity index (χ1n) is 9.34. The summed E-state index contributed by atoms with van der Waals surface area (Å²) in [5.74, 6) is 1.67. The fraction of sp³-hybridized carbons (Fsp3) is 0.227. The molecule has 3 rings (SSSR count). The zero-order valence-electron chi connectivity index (χ0n) is 16.6. The molecule has 1 N–H and O–H groups in total. The van der Waals surface area contributed by atoms with Gasteiger partial charge in [-0.3, -0.25) is 9.36 Å². The lowest BCUT2D eigenvalue weighted by atomic mass is 10.1. The number of hydrogen-bond acceptors (Lipinski definition) is 5. The van der Waals surface area contributed by atoms with Crippen LogP contribution < -0.4 is 10.1 Å². The molecule has 0 saturated carbocycles. The number of carbonyl (C=O) groups is 1. The number of nitrogens with zero attached hydrogens (tertiary/aromatic N) is 3. The average Bonchev–Trinajstić information content (AvgIpc) is 3.15. The standard InChI is InChI=1S/C22H24N4O2S/c1-4-13-26-21(17-9-11-19(28-3)12-10-17)24-25-22(26)29-15-20(27)23-18-8-6-7-16(5-2)14-18/h4,6-12,14H,1,5,13,15H2,2-3H3,(H,23,27). The number of hydrogen-bond donors (Lipinski definition) is 1. The van der Waals surface area contributed by atoms with Crippen LogP contribution in [-0.4, -0.2) is 33.5 Å². The van der Waals surface area contributed by atoms with Crippen molar-refractivity contribution >= 4 is 23.4 Å². The van der Waals surface area contributed by atoms with Gasteiger partial charge in [0.2, 0.25) is 5.91 Å². The van der Waals surface area contributed by atoms with Crippen LogP contribution in [0.4, 0.5) is 5.69 Å². The van der Waals surface area contributed by atoms with Gasteiger partial charge in [0.25, 0.3) is 0 Å². The number of aromatic nitrogens is 3. The van der Waals surface area contributed by atoms with Gasteiger partial charge in [-0.05, 0) is 48.4 Å². The maximum Gasteiger partial charge on any atom is 0.234 e. The highest BCUT2D eigenvalue weighted by atomic mass is 32.2. The third-order valence-corrected chi connectivity index (χ3v) is 5.29. The molecule has 1 heterocycles. The van der Waals surface area contributed by atoms with Gasteiger partial charge in [-0.1, -0.05) is 36.9 Å². The molecule has 6 nitrogen and oxygen atoms in total. The lowest BCUT2D eigenvalue weighted by Gasteiger charge is -2.09. The van der Waals surface area contributed by atoms with Gasteiger partial charge in [-0.25, -0.2) is 0 Å². The van der Waals surface area contributed by atoms with E-state index in [0.717, 1.165) is 29.2 Å². The Labute approximate surface area is 175 Å². The van der Waals surface area contributed by atoms with Crippen molar-refractivity contribution in [2.45, 2.75) is 25.0 Å². The van der Waals surface area contributed by atoms with E-state index in [1.165, 1.54) is 17.3 Å². The molecule has 1 amide bonds. The molecular formula is C22H24N4O2S. The quantitative estimate of drug-likeness (QED) is 0.419. The zero-order valence-corrected chi connectivity index (χ0v) is 17.4. The normalized spacial score (nSPS) is 10.6. The van der Waals surface area contributed by atoms with E-state index in [2.05, 4.69) is 29.0 Å². The van der Waals surface area contributed by atoms with Crippen molar-refractivity contribution in [2.75, 3.05) is 18.2 Å². The van der Waals surface area contributed by atoms with Gasteiger partial charge < -0.3 is 10.1 Å². The number of allylic oxidation sites excluding steroid dienone is 1. The second-order valence-corrected chi connectivity index (χ2v) is 7.27.